The van der Waals surface area contributed by atoms with Crippen LogP contribution in [0.3, 0.4) is 0 Å². The quantitative estimate of drug-likeness (QED) is 0.802. The summed E-state index contributed by atoms with van der Waals surface area (Å²) in [4.78, 5) is 14.7. The van der Waals surface area contributed by atoms with Crippen molar-refractivity contribution in [2.45, 2.75) is 25.8 Å². The lowest BCUT2D eigenvalue weighted by Gasteiger charge is -2.34. The fourth-order valence-corrected chi connectivity index (χ4v) is 3.24. The zero-order chi connectivity index (χ0) is 13.8. The Morgan fingerprint density at radius 3 is 2.79 bits per heavy atom. The van der Waals surface area contributed by atoms with Crippen LogP contribution in [-0.2, 0) is 0 Å². The van der Waals surface area contributed by atoms with Gasteiger partial charge >= 0.3 is 0 Å². The number of carbonyl (C=O) groups is 1. The third kappa shape index (κ3) is 3.61. The minimum atomic E-state index is 0.0984. The Hall–Kier alpha value is -0.330. The van der Waals surface area contributed by atoms with Crippen molar-refractivity contribution in [1.82, 2.24) is 10.2 Å². The number of halogens is 2. The van der Waals surface area contributed by atoms with Gasteiger partial charge in [0.25, 0.3) is 5.91 Å². The number of rotatable bonds is 3. The van der Waals surface area contributed by atoms with Gasteiger partial charge in [-0.25, -0.2) is 0 Å². The van der Waals surface area contributed by atoms with Crippen molar-refractivity contribution in [3.63, 3.8) is 0 Å². The maximum atomic E-state index is 12.7. The van der Waals surface area contributed by atoms with E-state index in [0.717, 1.165) is 36.0 Å². The highest BCUT2D eigenvalue weighted by Crippen LogP contribution is 2.22. The van der Waals surface area contributed by atoms with E-state index in [-0.39, 0.29) is 5.91 Å². The minimum Gasteiger partial charge on any atom is -0.336 e. The summed E-state index contributed by atoms with van der Waals surface area (Å²) in [5, 5.41) is 3.95. The molecule has 5 heteroatoms. The second-order valence-electron chi connectivity index (χ2n) is 4.70. The predicted molar refractivity (Wildman–Crippen MR) is 86.8 cm³/mol. The van der Waals surface area contributed by atoms with Crippen LogP contribution in [0.15, 0.2) is 18.2 Å². The first-order valence-electron chi connectivity index (χ1n) is 6.60. The molecule has 0 aliphatic carbocycles. The molecule has 0 radical (unpaired) electrons. The van der Waals surface area contributed by atoms with E-state index in [0.29, 0.717) is 16.6 Å². The normalized spacial score (nSPS) is 16.4. The summed E-state index contributed by atoms with van der Waals surface area (Å²) in [5.41, 5.74) is 0.716. The molecule has 1 fully saturated rings. The lowest BCUT2D eigenvalue weighted by atomic mass is 10.0. The molecule has 2 rings (SSSR count). The van der Waals surface area contributed by atoms with Gasteiger partial charge in [-0.1, -0.05) is 11.6 Å². The van der Waals surface area contributed by atoms with Crippen molar-refractivity contribution in [3.8, 4) is 0 Å². The van der Waals surface area contributed by atoms with E-state index >= 15 is 0 Å². The van der Waals surface area contributed by atoms with Crippen LogP contribution in [0.25, 0.3) is 0 Å². The number of benzene rings is 1. The molecule has 1 heterocycles. The maximum absolute atomic E-state index is 12.7. The first-order chi connectivity index (χ1) is 9.13. The van der Waals surface area contributed by atoms with Gasteiger partial charge in [-0.05, 0) is 73.6 Å². The highest BCUT2D eigenvalue weighted by atomic mass is 127. The number of amides is 1. The third-order valence-corrected chi connectivity index (χ3v) is 4.69. The topological polar surface area (TPSA) is 32.3 Å². The Morgan fingerprint density at radius 2 is 2.16 bits per heavy atom. The highest BCUT2D eigenvalue weighted by Gasteiger charge is 2.26. The van der Waals surface area contributed by atoms with E-state index in [9.17, 15) is 4.79 Å². The van der Waals surface area contributed by atoms with Gasteiger partial charge in [0.1, 0.15) is 0 Å². The molecule has 0 unspecified atom stereocenters. The summed E-state index contributed by atoms with van der Waals surface area (Å²) in [6.07, 6.45) is 2.05. The average Bonchev–Trinajstić information content (AvgIpc) is 2.43. The van der Waals surface area contributed by atoms with E-state index in [1.807, 2.05) is 24.0 Å². The monoisotopic (exact) mass is 392 g/mol. The number of nitrogens with zero attached hydrogens (tertiary/aromatic N) is 1. The Morgan fingerprint density at radius 1 is 1.47 bits per heavy atom. The van der Waals surface area contributed by atoms with Crippen LogP contribution in [0.4, 0.5) is 0 Å². The first kappa shape index (κ1) is 15.1. The fourth-order valence-electron chi connectivity index (χ4n) is 2.50. The zero-order valence-electron chi connectivity index (χ0n) is 11.0. The van der Waals surface area contributed by atoms with Gasteiger partial charge in [-0.2, -0.15) is 0 Å². The third-order valence-electron chi connectivity index (χ3n) is 3.51. The molecule has 1 aromatic carbocycles. The first-order valence-corrected chi connectivity index (χ1v) is 8.06. The predicted octanol–water partition coefficient (Wildman–Crippen LogP) is 3.16. The molecule has 0 saturated carbocycles. The molecule has 1 aliphatic heterocycles. The molecule has 19 heavy (non-hydrogen) atoms. The van der Waals surface area contributed by atoms with Crippen molar-refractivity contribution < 1.29 is 4.79 Å². The Bertz CT molecular complexity index is 461. The van der Waals surface area contributed by atoms with Crippen molar-refractivity contribution in [1.29, 1.82) is 0 Å². The number of hydrogen-bond acceptors (Lipinski definition) is 2. The lowest BCUT2D eigenvalue weighted by molar-refractivity contribution is 0.0655. The van der Waals surface area contributed by atoms with Crippen molar-refractivity contribution >= 4 is 40.1 Å². The number of carbonyl (C=O) groups excluding carboxylic acids is 1. The Kier molecular flexibility index (Phi) is 5.47. The molecule has 0 bridgehead atoms. The van der Waals surface area contributed by atoms with Crippen molar-refractivity contribution in [3.05, 3.63) is 32.4 Å². The minimum absolute atomic E-state index is 0.0984. The Balaban J connectivity index is 2.22. The molecule has 3 nitrogen and oxygen atoms in total. The summed E-state index contributed by atoms with van der Waals surface area (Å²) in [6, 6.07) is 5.83. The molecular weight excluding hydrogens is 375 g/mol. The molecule has 0 aromatic heterocycles. The smallest absolute Gasteiger partial charge is 0.255 e. The lowest BCUT2D eigenvalue weighted by Crippen LogP contribution is -2.46. The van der Waals surface area contributed by atoms with Crippen LogP contribution in [0.5, 0.6) is 0 Å². The SMILES string of the molecule is CCN(C(=O)c1cc(Cl)ccc1I)C1CCNCC1. The second-order valence-corrected chi connectivity index (χ2v) is 6.30. The van der Waals surface area contributed by atoms with E-state index in [1.165, 1.54) is 0 Å². The number of piperidine rings is 1. The van der Waals surface area contributed by atoms with Gasteiger partial charge in [-0.15, -0.1) is 0 Å². The maximum Gasteiger partial charge on any atom is 0.255 e. The van der Waals surface area contributed by atoms with Crippen LogP contribution in [0, 0.1) is 3.57 Å². The van der Waals surface area contributed by atoms with Crippen LogP contribution in [0.1, 0.15) is 30.1 Å². The molecule has 0 spiro atoms. The highest BCUT2D eigenvalue weighted by molar-refractivity contribution is 14.1. The summed E-state index contributed by atoms with van der Waals surface area (Å²) in [6.45, 7) is 4.76. The fraction of sp³-hybridized carbons (Fsp3) is 0.500. The summed E-state index contributed by atoms with van der Waals surface area (Å²) >= 11 is 8.20. The summed E-state index contributed by atoms with van der Waals surface area (Å²) in [5.74, 6) is 0.0984. The zero-order valence-corrected chi connectivity index (χ0v) is 13.9. The largest absolute Gasteiger partial charge is 0.336 e. The molecule has 104 valence electrons. The van der Waals surface area contributed by atoms with E-state index in [2.05, 4.69) is 27.9 Å². The number of nitrogens with one attached hydrogen (secondary N) is 1. The number of hydrogen-bond donors (Lipinski definition) is 1. The van der Waals surface area contributed by atoms with Gasteiger partial charge in [0.2, 0.25) is 0 Å². The van der Waals surface area contributed by atoms with Gasteiger partial charge < -0.3 is 10.2 Å². The molecule has 1 aliphatic rings. The van der Waals surface area contributed by atoms with Crippen LogP contribution >= 0.6 is 34.2 Å². The van der Waals surface area contributed by atoms with Crippen molar-refractivity contribution in [2.24, 2.45) is 0 Å². The van der Waals surface area contributed by atoms with Crippen LogP contribution in [0.2, 0.25) is 5.02 Å². The molecule has 0 atom stereocenters. The van der Waals surface area contributed by atoms with Crippen molar-refractivity contribution in [2.75, 3.05) is 19.6 Å². The summed E-state index contributed by atoms with van der Waals surface area (Å²) < 4.78 is 0.958. The molecule has 1 aromatic rings. The van der Waals surface area contributed by atoms with Crippen LogP contribution in [-0.4, -0.2) is 36.5 Å². The van der Waals surface area contributed by atoms with Gasteiger partial charge in [0.05, 0.1) is 5.56 Å². The van der Waals surface area contributed by atoms with Crippen LogP contribution < -0.4 is 5.32 Å². The summed E-state index contributed by atoms with van der Waals surface area (Å²) in [7, 11) is 0. The Labute approximate surface area is 132 Å². The molecule has 1 saturated heterocycles. The second kappa shape index (κ2) is 6.90. The van der Waals surface area contributed by atoms with E-state index in [1.54, 1.807) is 6.07 Å². The molecule has 1 N–H and O–H groups in total. The van der Waals surface area contributed by atoms with Gasteiger partial charge in [-0.3, -0.25) is 4.79 Å². The van der Waals surface area contributed by atoms with E-state index in [4.69, 9.17) is 11.6 Å². The molecule has 1 amide bonds. The standard InChI is InChI=1S/C14H18ClIN2O/c1-2-18(11-5-7-17-8-6-11)14(19)12-9-10(15)3-4-13(12)16/h3-4,9,11,17H,2,5-8H2,1H3. The van der Waals surface area contributed by atoms with Gasteiger partial charge in [0, 0.05) is 21.2 Å². The average molecular weight is 393 g/mol. The van der Waals surface area contributed by atoms with E-state index < -0.39 is 0 Å². The van der Waals surface area contributed by atoms with Gasteiger partial charge in [0.15, 0.2) is 0 Å². The molecular formula is C14H18ClIN2O.